The lowest BCUT2D eigenvalue weighted by molar-refractivity contribution is -0.136. The van der Waals surface area contributed by atoms with Gasteiger partial charge in [-0.2, -0.15) is 0 Å². The maximum atomic E-state index is 13.9. The van der Waals surface area contributed by atoms with Crippen molar-refractivity contribution < 1.29 is 23.8 Å². The van der Waals surface area contributed by atoms with Crippen LogP contribution in [0.4, 0.5) is 0 Å². The molecule has 7 nitrogen and oxygen atoms in total. The molecule has 0 aliphatic carbocycles. The highest BCUT2D eigenvalue weighted by atomic mass is 32.1. The molecule has 0 saturated carbocycles. The summed E-state index contributed by atoms with van der Waals surface area (Å²) < 4.78 is 17.1. The summed E-state index contributed by atoms with van der Waals surface area (Å²) in [5.41, 5.74) is 3.27. The van der Waals surface area contributed by atoms with Crippen LogP contribution in [0.2, 0.25) is 0 Å². The number of nitrogens with zero attached hydrogens (tertiary/aromatic N) is 2. The average Bonchev–Trinajstić information content (AvgIpc) is 3.54. The van der Waals surface area contributed by atoms with Crippen molar-refractivity contribution in [1.82, 2.24) is 9.80 Å². The third-order valence-electron chi connectivity index (χ3n) is 7.11. The number of hydrogen-bond acceptors (Lipinski definition) is 6. The lowest BCUT2D eigenvalue weighted by atomic mass is 9.99. The maximum Gasteiger partial charge on any atom is 0.254 e. The quantitative estimate of drug-likeness (QED) is 0.415. The first-order chi connectivity index (χ1) is 18.1. The minimum absolute atomic E-state index is 0.0314. The van der Waals surface area contributed by atoms with Gasteiger partial charge in [0, 0.05) is 22.5 Å². The maximum absolute atomic E-state index is 13.9. The minimum atomic E-state index is -0.572. The Hall–Kier alpha value is -3.52. The van der Waals surface area contributed by atoms with Gasteiger partial charge >= 0.3 is 0 Å². The van der Waals surface area contributed by atoms with E-state index in [0.717, 1.165) is 23.3 Å². The first-order valence-corrected chi connectivity index (χ1v) is 13.8. The van der Waals surface area contributed by atoms with Crippen molar-refractivity contribution in [2.24, 2.45) is 0 Å². The lowest BCUT2D eigenvalue weighted by Gasteiger charge is -2.40. The third kappa shape index (κ3) is 5.23. The van der Waals surface area contributed by atoms with Crippen LogP contribution in [0.25, 0.3) is 0 Å². The van der Waals surface area contributed by atoms with Gasteiger partial charge in [-0.25, -0.2) is 0 Å². The highest BCUT2D eigenvalue weighted by Crippen LogP contribution is 2.36. The summed E-state index contributed by atoms with van der Waals surface area (Å²) in [6.07, 6.45) is 0.796. The minimum Gasteiger partial charge on any atom is -0.491 e. The van der Waals surface area contributed by atoms with Crippen molar-refractivity contribution in [3.8, 4) is 17.2 Å². The number of hydrogen-bond donors (Lipinski definition) is 0. The van der Waals surface area contributed by atoms with Crippen LogP contribution < -0.4 is 14.2 Å². The Kier molecular flexibility index (Phi) is 7.09. The van der Waals surface area contributed by atoms with Crippen LogP contribution in [0, 0.1) is 13.8 Å². The molecule has 0 bridgehead atoms. The van der Waals surface area contributed by atoms with Crippen molar-refractivity contribution in [3.63, 3.8) is 0 Å². The van der Waals surface area contributed by atoms with Gasteiger partial charge < -0.3 is 24.0 Å². The Bertz CT molecular complexity index is 1360. The summed E-state index contributed by atoms with van der Waals surface area (Å²) in [5.74, 6) is 1.66. The van der Waals surface area contributed by atoms with Gasteiger partial charge in [0.25, 0.3) is 5.91 Å². The van der Waals surface area contributed by atoms with E-state index in [1.807, 2.05) is 44.7 Å². The van der Waals surface area contributed by atoms with Crippen LogP contribution in [0.3, 0.4) is 0 Å². The topological polar surface area (TPSA) is 68.3 Å². The Morgan fingerprint density at radius 2 is 1.87 bits per heavy atom. The number of benzene rings is 2. The first kappa shape index (κ1) is 26.1. The summed E-state index contributed by atoms with van der Waals surface area (Å²) in [7, 11) is 0. The molecule has 2 aromatic carbocycles. The third-order valence-corrected chi connectivity index (χ3v) is 8.11. The Labute approximate surface area is 227 Å². The standard InChI is InChI=1S/C30H34N2O5S/c1-19-6-8-24(20(2)14-19)35-17-23-22-11-13-38-27(22)10-12-31(23)28(33)16-32(30(3,4)5)29(34)21-7-9-25-26(15-21)37-18-36-25/h6-9,11,13-15,23H,10,12,16-18H2,1-5H3/t23-/m0/s1. The van der Waals surface area contributed by atoms with E-state index in [2.05, 4.69) is 24.4 Å². The Balaban J connectivity index is 1.37. The second-order valence-corrected chi connectivity index (χ2v) is 11.9. The van der Waals surface area contributed by atoms with E-state index in [1.54, 1.807) is 34.4 Å². The van der Waals surface area contributed by atoms with Crippen LogP contribution in [0.5, 0.6) is 17.2 Å². The molecule has 5 rings (SSSR count). The van der Waals surface area contributed by atoms with Gasteiger partial charge in [0.05, 0.1) is 6.04 Å². The molecule has 0 unspecified atom stereocenters. The van der Waals surface area contributed by atoms with Gasteiger partial charge in [-0.1, -0.05) is 17.7 Å². The number of fused-ring (bicyclic) bond motifs is 2. The monoisotopic (exact) mass is 534 g/mol. The molecule has 0 spiro atoms. The number of ether oxygens (including phenoxy) is 3. The number of rotatable bonds is 6. The van der Waals surface area contributed by atoms with Gasteiger partial charge in [0.1, 0.15) is 18.9 Å². The zero-order chi connectivity index (χ0) is 27.0. The second-order valence-electron chi connectivity index (χ2n) is 10.9. The van der Waals surface area contributed by atoms with Crippen molar-refractivity contribution in [2.45, 2.75) is 52.6 Å². The smallest absolute Gasteiger partial charge is 0.254 e. The molecule has 0 saturated heterocycles. The molecule has 0 N–H and O–H groups in total. The van der Waals surface area contributed by atoms with Crippen molar-refractivity contribution in [2.75, 3.05) is 26.5 Å². The highest BCUT2D eigenvalue weighted by Gasteiger charge is 2.36. The molecule has 2 aliphatic heterocycles. The Morgan fingerprint density at radius 1 is 1.08 bits per heavy atom. The fourth-order valence-electron chi connectivity index (χ4n) is 5.03. The van der Waals surface area contributed by atoms with Gasteiger partial charge in [-0.05, 0) is 87.9 Å². The summed E-state index contributed by atoms with van der Waals surface area (Å²) in [6, 6.07) is 13.1. The molecule has 2 amide bonds. The van der Waals surface area contributed by atoms with E-state index in [0.29, 0.717) is 30.2 Å². The average molecular weight is 535 g/mol. The number of carbonyl (C=O) groups excluding carboxylic acids is 2. The Morgan fingerprint density at radius 3 is 2.63 bits per heavy atom. The molecule has 1 atom stereocenters. The van der Waals surface area contributed by atoms with Gasteiger partial charge in [-0.3, -0.25) is 9.59 Å². The second kappa shape index (κ2) is 10.3. The molecule has 0 radical (unpaired) electrons. The van der Waals surface area contributed by atoms with Crippen LogP contribution in [-0.2, 0) is 11.2 Å². The normalized spacial score (nSPS) is 16.2. The summed E-state index contributed by atoms with van der Waals surface area (Å²) >= 11 is 1.72. The molecule has 8 heteroatoms. The molecule has 38 heavy (non-hydrogen) atoms. The number of thiophene rings is 1. The largest absolute Gasteiger partial charge is 0.491 e. The first-order valence-electron chi connectivity index (χ1n) is 12.9. The number of aryl methyl sites for hydroxylation is 2. The fourth-order valence-corrected chi connectivity index (χ4v) is 5.96. The lowest BCUT2D eigenvalue weighted by Crippen LogP contribution is -2.53. The zero-order valence-corrected chi connectivity index (χ0v) is 23.4. The molecule has 200 valence electrons. The SMILES string of the molecule is Cc1ccc(OC[C@H]2c3ccsc3CCN2C(=O)CN(C(=O)c2ccc3c(c2)OCO3)C(C)(C)C)c(C)c1. The molecular formula is C30H34N2O5S. The summed E-state index contributed by atoms with van der Waals surface area (Å²) in [4.78, 5) is 32.3. The van der Waals surface area contributed by atoms with Crippen molar-refractivity contribution in [1.29, 1.82) is 0 Å². The molecule has 2 aliphatic rings. The van der Waals surface area contributed by atoms with Crippen LogP contribution >= 0.6 is 11.3 Å². The number of carbonyl (C=O) groups is 2. The molecule has 3 aromatic rings. The van der Waals surface area contributed by atoms with E-state index in [9.17, 15) is 9.59 Å². The van der Waals surface area contributed by atoms with Gasteiger partial charge in [0.15, 0.2) is 11.5 Å². The van der Waals surface area contributed by atoms with E-state index in [1.165, 1.54) is 10.4 Å². The highest BCUT2D eigenvalue weighted by molar-refractivity contribution is 7.10. The summed E-state index contributed by atoms with van der Waals surface area (Å²) in [6.45, 7) is 11.0. The van der Waals surface area contributed by atoms with E-state index in [4.69, 9.17) is 14.2 Å². The van der Waals surface area contributed by atoms with E-state index < -0.39 is 5.54 Å². The van der Waals surface area contributed by atoms with Gasteiger partial charge in [0.2, 0.25) is 12.7 Å². The fraction of sp³-hybridized carbons (Fsp3) is 0.400. The predicted octanol–water partition coefficient (Wildman–Crippen LogP) is 5.54. The van der Waals surface area contributed by atoms with Gasteiger partial charge in [-0.15, -0.1) is 11.3 Å². The molecule has 1 aromatic heterocycles. The predicted molar refractivity (Wildman–Crippen MR) is 147 cm³/mol. The molecule has 0 fully saturated rings. The van der Waals surface area contributed by atoms with Crippen LogP contribution in [0.15, 0.2) is 47.8 Å². The van der Waals surface area contributed by atoms with E-state index >= 15 is 0 Å². The van der Waals surface area contributed by atoms with E-state index in [-0.39, 0.29) is 31.2 Å². The van der Waals surface area contributed by atoms with Crippen LogP contribution in [0.1, 0.15) is 58.7 Å². The van der Waals surface area contributed by atoms with Crippen molar-refractivity contribution in [3.05, 3.63) is 75.0 Å². The summed E-state index contributed by atoms with van der Waals surface area (Å²) in [5, 5.41) is 2.08. The van der Waals surface area contributed by atoms with Crippen molar-refractivity contribution >= 4 is 23.2 Å². The zero-order valence-electron chi connectivity index (χ0n) is 22.6. The molecule has 3 heterocycles. The number of amides is 2. The molecular weight excluding hydrogens is 500 g/mol. The van der Waals surface area contributed by atoms with Crippen LogP contribution in [-0.4, -0.2) is 53.6 Å².